The van der Waals surface area contributed by atoms with Gasteiger partial charge in [-0.15, -0.1) is 0 Å². The standard InChI is InChI=1S/C21H20N4O3S/c1-27-16-8-14-15(9-17(16)28-2)25-20-19(14)23-12-24-21(20)29-11-18(26)22-10-13-6-4-3-5-7-13/h3-9,12,25H,10-11H2,1-2H3,(H,22,26). The maximum Gasteiger partial charge on any atom is 0.230 e. The van der Waals surface area contributed by atoms with Crippen LogP contribution in [0.4, 0.5) is 0 Å². The van der Waals surface area contributed by atoms with Crippen molar-refractivity contribution in [2.75, 3.05) is 20.0 Å². The third kappa shape index (κ3) is 3.97. The third-order valence-electron chi connectivity index (χ3n) is 4.52. The Hall–Kier alpha value is -3.26. The molecule has 2 heterocycles. The number of ether oxygens (including phenoxy) is 2. The molecule has 4 aromatic rings. The van der Waals surface area contributed by atoms with Gasteiger partial charge in [0.1, 0.15) is 16.9 Å². The SMILES string of the molecule is COc1cc2[nH]c3c(SCC(=O)NCc4ccccc4)ncnc3c2cc1OC. The topological polar surface area (TPSA) is 89.1 Å². The molecular formula is C21H20N4O3S. The molecule has 0 saturated heterocycles. The van der Waals surface area contributed by atoms with Crippen molar-refractivity contribution >= 4 is 39.6 Å². The van der Waals surface area contributed by atoms with Gasteiger partial charge in [-0.2, -0.15) is 0 Å². The van der Waals surface area contributed by atoms with Crippen molar-refractivity contribution in [3.63, 3.8) is 0 Å². The number of thioether (sulfide) groups is 1. The number of aromatic amines is 1. The first-order chi connectivity index (χ1) is 14.2. The number of carbonyl (C=O) groups excluding carboxylic acids is 1. The Balaban J connectivity index is 1.54. The fraction of sp³-hybridized carbons (Fsp3) is 0.190. The number of fused-ring (bicyclic) bond motifs is 3. The Kier molecular flexibility index (Phi) is 5.53. The van der Waals surface area contributed by atoms with E-state index in [0.29, 0.717) is 18.0 Å². The highest BCUT2D eigenvalue weighted by atomic mass is 32.2. The number of carbonyl (C=O) groups is 1. The van der Waals surface area contributed by atoms with Gasteiger partial charge in [0.2, 0.25) is 5.91 Å². The lowest BCUT2D eigenvalue weighted by Crippen LogP contribution is -2.24. The lowest BCUT2D eigenvalue weighted by molar-refractivity contribution is -0.118. The fourth-order valence-corrected chi connectivity index (χ4v) is 3.87. The highest BCUT2D eigenvalue weighted by Gasteiger charge is 2.15. The second-order valence-electron chi connectivity index (χ2n) is 6.33. The average Bonchev–Trinajstić information content (AvgIpc) is 3.14. The molecule has 0 saturated carbocycles. The number of hydrogen-bond donors (Lipinski definition) is 2. The van der Waals surface area contributed by atoms with Crippen LogP contribution < -0.4 is 14.8 Å². The van der Waals surface area contributed by atoms with E-state index in [1.165, 1.54) is 18.1 Å². The Labute approximate surface area is 171 Å². The van der Waals surface area contributed by atoms with E-state index in [4.69, 9.17) is 9.47 Å². The van der Waals surface area contributed by atoms with Crippen LogP contribution in [0, 0.1) is 0 Å². The molecule has 0 bridgehead atoms. The molecule has 0 fully saturated rings. The molecule has 2 aromatic carbocycles. The van der Waals surface area contributed by atoms with Gasteiger partial charge in [-0.1, -0.05) is 42.1 Å². The fourth-order valence-electron chi connectivity index (χ4n) is 3.09. The van der Waals surface area contributed by atoms with E-state index in [1.807, 2.05) is 42.5 Å². The van der Waals surface area contributed by atoms with Crippen LogP contribution in [0.3, 0.4) is 0 Å². The molecule has 0 aliphatic rings. The van der Waals surface area contributed by atoms with Crippen molar-refractivity contribution < 1.29 is 14.3 Å². The van der Waals surface area contributed by atoms with Crippen molar-refractivity contribution in [3.05, 3.63) is 54.4 Å². The summed E-state index contributed by atoms with van der Waals surface area (Å²) in [5, 5.41) is 4.56. The number of nitrogens with one attached hydrogen (secondary N) is 2. The molecule has 0 aliphatic heterocycles. The molecule has 0 aliphatic carbocycles. The quantitative estimate of drug-likeness (QED) is 0.359. The first-order valence-electron chi connectivity index (χ1n) is 9.01. The van der Waals surface area contributed by atoms with Gasteiger partial charge in [0.05, 0.1) is 31.0 Å². The van der Waals surface area contributed by atoms with E-state index in [9.17, 15) is 4.79 Å². The number of methoxy groups -OCH3 is 2. The van der Waals surface area contributed by atoms with Crippen LogP contribution in [0.15, 0.2) is 53.8 Å². The van der Waals surface area contributed by atoms with Crippen LogP contribution in [-0.2, 0) is 11.3 Å². The summed E-state index contributed by atoms with van der Waals surface area (Å²) >= 11 is 1.37. The molecule has 7 nitrogen and oxygen atoms in total. The highest BCUT2D eigenvalue weighted by Crippen LogP contribution is 2.36. The van der Waals surface area contributed by atoms with Crippen molar-refractivity contribution in [2.45, 2.75) is 11.6 Å². The van der Waals surface area contributed by atoms with Gasteiger partial charge in [-0.3, -0.25) is 4.79 Å². The van der Waals surface area contributed by atoms with E-state index in [0.717, 1.165) is 32.5 Å². The lowest BCUT2D eigenvalue weighted by Gasteiger charge is -2.06. The van der Waals surface area contributed by atoms with E-state index >= 15 is 0 Å². The minimum absolute atomic E-state index is 0.0509. The van der Waals surface area contributed by atoms with Crippen LogP contribution in [-0.4, -0.2) is 40.8 Å². The molecule has 0 spiro atoms. The zero-order valence-corrected chi connectivity index (χ0v) is 16.9. The number of rotatable bonds is 7. The zero-order chi connectivity index (χ0) is 20.2. The van der Waals surface area contributed by atoms with Gasteiger partial charge in [0.25, 0.3) is 0 Å². The average molecular weight is 408 g/mol. The predicted molar refractivity (Wildman–Crippen MR) is 114 cm³/mol. The lowest BCUT2D eigenvalue weighted by atomic mass is 10.2. The second kappa shape index (κ2) is 8.40. The number of aromatic nitrogens is 3. The van der Waals surface area contributed by atoms with Crippen molar-refractivity contribution in [1.29, 1.82) is 0 Å². The summed E-state index contributed by atoms with van der Waals surface area (Å²) in [6, 6.07) is 13.6. The van der Waals surface area contributed by atoms with Gasteiger partial charge < -0.3 is 19.8 Å². The zero-order valence-electron chi connectivity index (χ0n) is 16.1. The minimum atomic E-state index is -0.0509. The van der Waals surface area contributed by atoms with Crippen LogP contribution in [0.25, 0.3) is 21.9 Å². The monoisotopic (exact) mass is 408 g/mol. The third-order valence-corrected chi connectivity index (χ3v) is 5.51. The first-order valence-corrected chi connectivity index (χ1v) is 10.00. The van der Waals surface area contributed by atoms with Crippen molar-refractivity contribution in [3.8, 4) is 11.5 Å². The maximum atomic E-state index is 12.2. The summed E-state index contributed by atoms with van der Waals surface area (Å²) in [5.74, 6) is 1.48. The molecule has 2 aromatic heterocycles. The summed E-state index contributed by atoms with van der Waals surface area (Å²) in [5.41, 5.74) is 3.50. The number of benzene rings is 2. The molecule has 29 heavy (non-hydrogen) atoms. The Morgan fingerprint density at radius 1 is 1.10 bits per heavy atom. The predicted octanol–water partition coefficient (Wildman–Crippen LogP) is 3.54. The largest absolute Gasteiger partial charge is 0.493 e. The summed E-state index contributed by atoms with van der Waals surface area (Å²) < 4.78 is 10.8. The summed E-state index contributed by atoms with van der Waals surface area (Å²) in [7, 11) is 3.20. The molecule has 148 valence electrons. The van der Waals surface area contributed by atoms with E-state index < -0.39 is 0 Å². The molecular weight excluding hydrogens is 388 g/mol. The van der Waals surface area contributed by atoms with Crippen LogP contribution in [0.5, 0.6) is 11.5 Å². The first kappa shape index (κ1) is 19.1. The number of amides is 1. The van der Waals surface area contributed by atoms with Gasteiger partial charge in [-0.05, 0) is 11.6 Å². The highest BCUT2D eigenvalue weighted by molar-refractivity contribution is 8.00. The maximum absolute atomic E-state index is 12.2. The van der Waals surface area contributed by atoms with Crippen LogP contribution in [0.2, 0.25) is 0 Å². The van der Waals surface area contributed by atoms with Gasteiger partial charge >= 0.3 is 0 Å². The summed E-state index contributed by atoms with van der Waals surface area (Å²) in [4.78, 5) is 24.4. The number of nitrogens with zero attached hydrogens (tertiary/aromatic N) is 2. The minimum Gasteiger partial charge on any atom is -0.493 e. The molecule has 0 atom stereocenters. The molecule has 8 heteroatoms. The molecule has 4 rings (SSSR count). The Morgan fingerprint density at radius 2 is 1.86 bits per heavy atom. The normalized spacial score (nSPS) is 11.0. The van der Waals surface area contributed by atoms with Crippen LogP contribution in [0.1, 0.15) is 5.56 Å². The molecule has 0 unspecified atom stereocenters. The Bertz CT molecular complexity index is 1160. The molecule has 0 radical (unpaired) electrons. The van der Waals surface area contributed by atoms with E-state index in [2.05, 4.69) is 20.3 Å². The smallest absolute Gasteiger partial charge is 0.230 e. The van der Waals surface area contributed by atoms with Gasteiger partial charge in [0.15, 0.2) is 11.5 Å². The van der Waals surface area contributed by atoms with Crippen molar-refractivity contribution in [2.24, 2.45) is 0 Å². The van der Waals surface area contributed by atoms with Crippen LogP contribution >= 0.6 is 11.8 Å². The van der Waals surface area contributed by atoms with E-state index in [-0.39, 0.29) is 11.7 Å². The number of hydrogen-bond acceptors (Lipinski definition) is 6. The van der Waals surface area contributed by atoms with Gasteiger partial charge in [-0.25, -0.2) is 9.97 Å². The molecule has 2 N–H and O–H groups in total. The Morgan fingerprint density at radius 3 is 2.62 bits per heavy atom. The molecule has 1 amide bonds. The van der Waals surface area contributed by atoms with Crippen molar-refractivity contribution in [1.82, 2.24) is 20.3 Å². The van der Waals surface area contributed by atoms with E-state index in [1.54, 1.807) is 14.2 Å². The van der Waals surface area contributed by atoms with Gasteiger partial charge in [0, 0.05) is 18.0 Å². The second-order valence-corrected chi connectivity index (χ2v) is 7.30. The summed E-state index contributed by atoms with van der Waals surface area (Å²) in [6.45, 7) is 0.505. The number of H-pyrrole nitrogens is 1. The summed E-state index contributed by atoms with van der Waals surface area (Å²) in [6.07, 6.45) is 1.51.